The Labute approximate surface area is 99.6 Å². The molecule has 0 aliphatic rings. The van der Waals surface area contributed by atoms with Crippen LogP contribution in [0.4, 0.5) is 5.69 Å². The maximum Gasteiger partial charge on any atom is 0.143 e. The van der Waals surface area contributed by atoms with Crippen LogP contribution in [0.3, 0.4) is 0 Å². The first-order chi connectivity index (χ1) is 7.63. The molecule has 0 saturated carbocycles. The van der Waals surface area contributed by atoms with Crippen LogP contribution in [0, 0.1) is 6.92 Å². The van der Waals surface area contributed by atoms with Crippen molar-refractivity contribution < 1.29 is 5.11 Å². The van der Waals surface area contributed by atoms with Crippen molar-refractivity contribution in [3.05, 3.63) is 46.9 Å². The molecule has 16 heavy (non-hydrogen) atoms. The zero-order chi connectivity index (χ0) is 12.0. The third-order valence-electron chi connectivity index (χ3n) is 1.74. The summed E-state index contributed by atoms with van der Waals surface area (Å²) < 4.78 is 0. The van der Waals surface area contributed by atoms with Gasteiger partial charge in [0.2, 0.25) is 0 Å². The Morgan fingerprint density at radius 3 is 2.94 bits per heavy atom. The molecule has 1 aromatic carbocycles. The fraction of sp³-hybridized carbons (Fsp3) is 0.167. The average Bonchev–Trinajstić information content (AvgIpc) is 2.27. The Morgan fingerprint density at radius 1 is 1.50 bits per heavy atom. The number of allylic oxidation sites excluding steroid dienone is 1. The Balaban J connectivity index is 2.75. The Morgan fingerprint density at radius 2 is 2.25 bits per heavy atom. The number of aryl methyl sites for hydroxylation is 1. The van der Waals surface area contributed by atoms with Crippen molar-refractivity contribution in [1.82, 2.24) is 0 Å². The molecule has 3 nitrogen and oxygen atoms in total. The van der Waals surface area contributed by atoms with Gasteiger partial charge >= 0.3 is 0 Å². The molecule has 0 aliphatic heterocycles. The summed E-state index contributed by atoms with van der Waals surface area (Å²) in [6, 6.07) is 5.19. The van der Waals surface area contributed by atoms with Crippen LogP contribution in [0.25, 0.3) is 0 Å². The molecule has 1 aromatic rings. The second kappa shape index (κ2) is 6.12. The van der Waals surface area contributed by atoms with E-state index in [4.69, 9.17) is 0 Å². The molecule has 0 aliphatic carbocycles. The van der Waals surface area contributed by atoms with Gasteiger partial charge in [-0.15, -0.1) is 10.2 Å². The lowest BCUT2D eigenvalue weighted by Crippen LogP contribution is -1.72. The van der Waals surface area contributed by atoms with Gasteiger partial charge in [0.15, 0.2) is 0 Å². The van der Waals surface area contributed by atoms with E-state index in [0.29, 0.717) is 10.7 Å². The molecule has 1 N–H and O–H groups in total. The predicted molar refractivity (Wildman–Crippen MR) is 68.9 cm³/mol. The highest BCUT2D eigenvalue weighted by Crippen LogP contribution is 2.28. The molecule has 0 spiro atoms. The Kier molecular flexibility index (Phi) is 4.79. The van der Waals surface area contributed by atoms with Gasteiger partial charge in [0, 0.05) is 0 Å². The van der Waals surface area contributed by atoms with E-state index in [0.717, 1.165) is 5.56 Å². The molecule has 0 unspecified atom stereocenters. The van der Waals surface area contributed by atoms with Gasteiger partial charge in [-0.2, -0.15) is 0 Å². The van der Waals surface area contributed by atoms with E-state index in [2.05, 4.69) is 16.8 Å². The minimum Gasteiger partial charge on any atom is -0.506 e. The first kappa shape index (κ1) is 12.5. The highest BCUT2D eigenvalue weighted by Gasteiger charge is 1.99. The van der Waals surface area contributed by atoms with Gasteiger partial charge in [-0.3, -0.25) is 0 Å². The molecule has 0 radical (unpaired) electrons. The summed E-state index contributed by atoms with van der Waals surface area (Å²) in [7, 11) is 0. The predicted octanol–water partition coefficient (Wildman–Crippen LogP) is 4.52. The van der Waals surface area contributed by atoms with Gasteiger partial charge in [0.1, 0.15) is 16.5 Å². The number of hydrogen-bond donors (Lipinski definition) is 1. The van der Waals surface area contributed by atoms with Crippen molar-refractivity contribution in [2.24, 2.45) is 10.2 Å². The lowest BCUT2D eigenvalue weighted by Gasteiger charge is -1.99. The molecule has 0 bridgehead atoms. The normalized spacial score (nSPS) is 11.4. The molecule has 0 heterocycles. The van der Waals surface area contributed by atoms with Crippen molar-refractivity contribution in [2.45, 2.75) is 13.8 Å². The number of nitrogens with zero attached hydrogens (tertiary/aromatic N) is 2. The average molecular weight is 234 g/mol. The molecule has 4 heteroatoms. The zero-order valence-electron chi connectivity index (χ0n) is 9.34. The van der Waals surface area contributed by atoms with Crippen molar-refractivity contribution in [3.63, 3.8) is 0 Å². The van der Waals surface area contributed by atoms with Crippen LogP contribution in [0.5, 0.6) is 5.75 Å². The summed E-state index contributed by atoms with van der Waals surface area (Å²) in [5.41, 5.74) is 1.49. The molecule has 0 aromatic heterocycles. The van der Waals surface area contributed by atoms with Gasteiger partial charge < -0.3 is 5.11 Å². The van der Waals surface area contributed by atoms with E-state index in [1.807, 2.05) is 31.4 Å². The molecule has 0 saturated heterocycles. The van der Waals surface area contributed by atoms with Gasteiger partial charge in [-0.05, 0) is 37.0 Å². The first-order valence-electron chi connectivity index (χ1n) is 4.81. The van der Waals surface area contributed by atoms with Gasteiger partial charge in [-0.1, -0.05) is 30.5 Å². The van der Waals surface area contributed by atoms with E-state index in [1.165, 1.54) is 11.8 Å². The second-order valence-electron chi connectivity index (χ2n) is 3.17. The Bertz CT molecular complexity index is 439. The number of benzene rings is 1. The third-order valence-corrected chi connectivity index (χ3v) is 2.50. The van der Waals surface area contributed by atoms with Crippen LogP contribution in [-0.4, -0.2) is 5.11 Å². The van der Waals surface area contributed by atoms with Crippen LogP contribution < -0.4 is 0 Å². The summed E-state index contributed by atoms with van der Waals surface area (Å²) in [5, 5.41) is 19.8. The lowest BCUT2D eigenvalue weighted by atomic mass is 10.2. The van der Waals surface area contributed by atoms with Crippen LogP contribution in [-0.2, 0) is 0 Å². The van der Waals surface area contributed by atoms with Crippen molar-refractivity contribution in [2.75, 3.05) is 0 Å². The second-order valence-corrected chi connectivity index (χ2v) is 4.15. The molecule has 84 valence electrons. The molecular formula is C12H14N2OS. The van der Waals surface area contributed by atoms with E-state index in [1.54, 1.807) is 12.1 Å². The van der Waals surface area contributed by atoms with Crippen LogP contribution in [0.15, 0.2) is 51.5 Å². The van der Waals surface area contributed by atoms with Crippen molar-refractivity contribution in [3.8, 4) is 5.75 Å². The molecule has 0 fully saturated rings. The van der Waals surface area contributed by atoms with Gasteiger partial charge in [0.25, 0.3) is 0 Å². The van der Waals surface area contributed by atoms with Crippen LogP contribution in [0.1, 0.15) is 12.5 Å². The summed E-state index contributed by atoms with van der Waals surface area (Å²) >= 11 is 1.39. The number of aromatic hydroxyl groups is 1. The van der Waals surface area contributed by atoms with Gasteiger partial charge in [0.05, 0.1) is 0 Å². The molecule has 1 rings (SSSR count). The van der Waals surface area contributed by atoms with Crippen molar-refractivity contribution >= 4 is 17.4 Å². The SMILES string of the molecule is C=C(/N=N/c1cc(C)ccc1O)S/C=C\C. The lowest BCUT2D eigenvalue weighted by molar-refractivity contribution is 0.476. The number of rotatable bonds is 4. The highest BCUT2D eigenvalue weighted by atomic mass is 32.2. The fourth-order valence-electron chi connectivity index (χ4n) is 0.993. The number of phenolic OH excluding ortho intramolecular Hbond substituents is 1. The fourth-order valence-corrected chi connectivity index (χ4v) is 1.37. The van der Waals surface area contributed by atoms with Crippen molar-refractivity contribution in [1.29, 1.82) is 0 Å². The molecule has 0 amide bonds. The van der Waals surface area contributed by atoms with E-state index >= 15 is 0 Å². The maximum atomic E-state index is 9.52. The van der Waals surface area contributed by atoms with Crippen LogP contribution in [0.2, 0.25) is 0 Å². The van der Waals surface area contributed by atoms with E-state index in [-0.39, 0.29) is 5.75 Å². The summed E-state index contributed by atoms with van der Waals surface area (Å²) in [5.74, 6) is 0.123. The molecular weight excluding hydrogens is 220 g/mol. The smallest absolute Gasteiger partial charge is 0.143 e. The largest absolute Gasteiger partial charge is 0.506 e. The quantitative estimate of drug-likeness (QED) is 0.778. The van der Waals surface area contributed by atoms with Gasteiger partial charge in [-0.25, -0.2) is 0 Å². The standard InChI is InChI=1S/C12H14N2OS/c1-4-7-16-10(3)13-14-11-8-9(2)5-6-12(11)15/h4-8,15H,3H2,1-2H3/b7-4-,14-13+. The first-order valence-corrected chi connectivity index (χ1v) is 5.69. The zero-order valence-corrected chi connectivity index (χ0v) is 10.2. The topological polar surface area (TPSA) is 45.0 Å². The molecule has 0 atom stereocenters. The summed E-state index contributed by atoms with van der Waals surface area (Å²) in [6.07, 6.45) is 1.90. The number of hydrogen-bond acceptors (Lipinski definition) is 4. The summed E-state index contributed by atoms with van der Waals surface area (Å²) in [6.45, 7) is 7.58. The van der Waals surface area contributed by atoms with E-state index in [9.17, 15) is 5.11 Å². The van der Waals surface area contributed by atoms with E-state index < -0.39 is 0 Å². The monoisotopic (exact) mass is 234 g/mol. The number of phenols is 1. The number of azo groups is 1. The minimum absolute atomic E-state index is 0.123. The third kappa shape index (κ3) is 3.90. The minimum atomic E-state index is 0.123. The van der Waals surface area contributed by atoms with Crippen LogP contribution >= 0.6 is 11.8 Å². The maximum absolute atomic E-state index is 9.52. The number of thioether (sulfide) groups is 1. The highest BCUT2D eigenvalue weighted by molar-refractivity contribution is 8.05. The summed E-state index contributed by atoms with van der Waals surface area (Å²) in [4.78, 5) is 0. The Hall–Kier alpha value is -1.55.